The summed E-state index contributed by atoms with van der Waals surface area (Å²) in [5.74, 6) is 0.901. The van der Waals surface area contributed by atoms with Gasteiger partial charge in [-0.05, 0) is 39.2 Å². The van der Waals surface area contributed by atoms with Crippen LogP contribution in [0.25, 0.3) is 0 Å². The van der Waals surface area contributed by atoms with Gasteiger partial charge in [0.25, 0.3) is 0 Å². The molecule has 0 aromatic heterocycles. The fourth-order valence-electron chi connectivity index (χ4n) is 1.61. The van der Waals surface area contributed by atoms with Gasteiger partial charge in [-0.3, -0.25) is 0 Å². The predicted molar refractivity (Wildman–Crippen MR) is 57.4 cm³/mol. The summed E-state index contributed by atoms with van der Waals surface area (Å²) in [6.07, 6.45) is 0.316. The van der Waals surface area contributed by atoms with Gasteiger partial charge in [0.1, 0.15) is 5.75 Å². The molecule has 1 atom stereocenters. The van der Waals surface area contributed by atoms with E-state index in [1.54, 1.807) is 0 Å². The molecule has 0 radical (unpaired) electrons. The molecule has 0 spiro atoms. The van der Waals surface area contributed by atoms with Gasteiger partial charge in [0.15, 0.2) is 0 Å². The van der Waals surface area contributed by atoms with Crippen molar-refractivity contribution in [2.45, 2.75) is 12.5 Å². The number of hydrogen-bond acceptors (Lipinski definition) is 3. The van der Waals surface area contributed by atoms with Crippen molar-refractivity contribution in [3.05, 3.63) is 27.7 Å². The lowest BCUT2D eigenvalue weighted by molar-refractivity contribution is 0.186. The second-order valence-corrected chi connectivity index (χ2v) is 4.20. The first-order valence-electron chi connectivity index (χ1n) is 4.55. The van der Waals surface area contributed by atoms with Crippen molar-refractivity contribution in [2.75, 3.05) is 13.2 Å². The Morgan fingerprint density at radius 2 is 2.36 bits per heavy atom. The molecule has 1 aliphatic heterocycles. The molecule has 76 valence electrons. The van der Waals surface area contributed by atoms with Crippen LogP contribution in [0, 0.1) is 0 Å². The third-order valence-electron chi connectivity index (χ3n) is 2.37. The van der Waals surface area contributed by atoms with Crippen molar-refractivity contribution in [2.24, 2.45) is 5.73 Å². The number of ether oxygens (including phenoxy) is 1. The molecule has 0 bridgehead atoms. The van der Waals surface area contributed by atoms with Crippen LogP contribution in [0.15, 0.2) is 16.6 Å². The Morgan fingerprint density at radius 1 is 1.57 bits per heavy atom. The summed E-state index contributed by atoms with van der Waals surface area (Å²) in [5.41, 5.74) is 7.39. The lowest BCUT2D eigenvalue weighted by Crippen LogP contribution is -2.11. The van der Waals surface area contributed by atoms with Gasteiger partial charge in [0, 0.05) is 13.0 Å². The molecule has 0 fully saturated rings. The third kappa shape index (κ3) is 1.65. The minimum atomic E-state index is -0.586. The van der Waals surface area contributed by atoms with Gasteiger partial charge in [-0.2, -0.15) is 0 Å². The minimum Gasteiger partial charge on any atom is -0.492 e. The Morgan fingerprint density at radius 3 is 3.07 bits per heavy atom. The molecule has 0 aliphatic carbocycles. The maximum Gasteiger partial charge on any atom is 0.136 e. The van der Waals surface area contributed by atoms with E-state index in [1.807, 2.05) is 12.1 Å². The van der Waals surface area contributed by atoms with Crippen molar-refractivity contribution in [3.63, 3.8) is 0 Å². The largest absolute Gasteiger partial charge is 0.492 e. The topological polar surface area (TPSA) is 55.5 Å². The molecule has 0 saturated heterocycles. The molecular formula is C10H12BrNO2. The predicted octanol–water partition coefficient (Wildman–Crippen LogP) is 1.38. The van der Waals surface area contributed by atoms with Gasteiger partial charge in [-0.1, -0.05) is 0 Å². The summed E-state index contributed by atoms with van der Waals surface area (Å²) >= 11 is 3.42. The van der Waals surface area contributed by atoms with Crippen LogP contribution in [0.4, 0.5) is 0 Å². The Balaban J connectivity index is 2.41. The number of nitrogens with two attached hydrogens (primary N) is 1. The van der Waals surface area contributed by atoms with Gasteiger partial charge in [0.05, 0.1) is 17.2 Å². The maximum atomic E-state index is 9.60. The highest BCUT2D eigenvalue weighted by Crippen LogP contribution is 2.36. The van der Waals surface area contributed by atoms with Crippen LogP contribution in [-0.4, -0.2) is 18.3 Å². The van der Waals surface area contributed by atoms with E-state index in [-0.39, 0.29) is 6.54 Å². The summed E-state index contributed by atoms with van der Waals surface area (Å²) in [4.78, 5) is 0. The number of hydrogen-bond donors (Lipinski definition) is 2. The van der Waals surface area contributed by atoms with Crippen LogP contribution < -0.4 is 10.5 Å². The molecule has 1 unspecified atom stereocenters. The Bertz CT molecular complexity index is 354. The average molecular weight is 258 g/mol. The van der Waals surface area contributed by atoms with E-state index < -0.39 is 6.10 Å². The third-order valence-corrected chi connectivity index (χ3v) is 2.96. The lowest BCUT2D eigenvalue weighted by Gasteiger charge is -2.10. The molecule has 0 saturated carbocycles. The molecule has 2 rings (SSSR count). The minimum absolute atomic E-state index is 0.242. The van der Waals surface area contributed by atoms with Crippen molar-refractivity contribution < 1.29 is 9.84 Å². The quantitative estimate of drug-likeness (QED) is 0.842. The number of fused-ring (bicyclic) bond motifs is 1. The van der Waals surface area contributed by atoms with E-state index in [4.69, 9.17) is 10.5 Å². The molecule has 1 aromatic rings. The summed E-state index contributed by atoms with van der Waals surface area (Å²) in [6, 6.07) is 3.83. The zero-order valence-electron chi connectivity index (χ0n) is 7.66. The van der Waals surface area contributed by atoms with Gasteiger partial charge in [0.2, 0.25) is 0 Å². The Labute approximate surface area is 91.0 Å². The van der Waals surface area contributed by atoms with Gasteiger partial charge in [-0.25, -0.2) is 0 Å². The van der Waals surface area contributed by atoms with E-state index >= 15 is 0 Å². The normalized spacial score (nSPS) is 16.2. The molecule has 3 N–H and O–H groups in total. The van der Waals surface area contributed by atoms with Gasteiger partial charge in [-0.15, -0.1) is 0 Å². The van der Waals surface area contributed by atoms with Crippen LogP contribution >= 0.6 is 15.9 Å². The second kappa shape index (κ2) is 3.88. The van der Waals surface area contributed by atoms with Crippen LogP contribution in [0.1, 0.15) is 17.2 Å². The first-order chi connectivity index (χ1) is 6.72. The summed E-state index contributed by atoms with van der Waals surface area (Å²) in [6.45, 7) is 0.961. The average Bonchev–Trinajstić information content (AvgIpc) is 2.64. The molecule has 1 aromatic carbocycles. The monoisotopic (exact) mass is 257 g/mol. The van der Waals surface area contributed by atoms with Gasteiger partial charge < -0.3 is 15.6 Å². The number of halogens is 1. The summed E-state index contributed by atoms with van der Waals surface area (Å²) < 4.78 is 6.34. The number of aliphatic hydroxyl groups is 1. The molecule has 1 heterocycles. The van der Waals surface area contributed by atoms with Crippen molar-refractivity contribution in [3.8, 4) is 5.75 Å². The first kappa shape index (κ1) is 9.96. The van der Waals surface area contributed by atoms with Crippen molar-refractivity contribution in [1.29, 1.82) is 0 Å². The zero-order valence-corrected chi connectivity index (χ0v) is 9.25. The Kier molecular flexibility index (Phi) is 2.76. The molecule has 14 heavy (non-hydrogen) atoms. The maximum absolute atomic E-state index is 9.60. The van der Waals surface area contributed by atoms with Gasteiger partial charge >= 0.3 is 0 Å². The fourth-order valence-corrected chi connectivity index (χ4v) is 2.25. The summed E-state index contributed by atoms with van der Waals surface area (Å²) in [5, 5.41) is 9.60. The van der Waals surface area contributed by atoms with E-state index in [2.05, 4.69) is 15.9 Å². The van der Waals surface area contributed by atoms with Crippen LogP contribution in [0.3, 0.4) is 0 Å². The number of aliphatic hydroxyl groups excluding tert-OH is 1. The van der Waals surface area contributed by atoms with Crippen molar-refractivity contribution in [1.82, 2.24) is 0 Å². The highest BCUT2D eigenvalue weighted by Gasteiger charge is 2.18. The first-order valence-corrected chi connectivity index (χ1v) is 5.35. The van der Waals surface area contributed by atoms with E-state index in [0.717, 1.165) is 34.4 Å². The molecule has 3 nitrogen and oxygen atoms in total. The number of benzene rings is 1. The molecule has 4 heteroatoms. The van der Waals surface area contributed by atoms with E-state index in [0.29, 0.717) is 0 Å². The van der Waals surface area contributed by atoms with Crippen molar-refractivity contribution >= 4 is 15.9 Å². The number of rotatable bonds is 2. The smallest absolute Gasteiger partial charge is 0.136 e. The van der Waals surface area contributed by atoms with Crippen LogP contribution in [-0.2, 0) is 6.42 Å². The molecule has 1 aliphatic rings. The lowest BCUT2D eigenvalue weighted by atomic mass is 10.0. The fraction of sp³-hybridized carbons (Fsp3) is 0.400. The second-order valence-electron chi connectivity index (χ2n) is 3.34. The molecular weight excluding hydrogens is 246 g/mol. The van der Waals surface area contributed by atoms with Crippen LogP contribution in [0.2, 0.25) is 0 Å². The molecule has 0 amide bonds. The van der Waals surface area contributed by atoms with Crippen LogP contribution in [0.5, 0.6) is 5.75 Å². The Hall–Kier alpha value is -0.580. The highest BCUT2D eigenvalue weighted by molar-refractivity contribution is 9.10. The van der Waals surface area contributed by atoms with E-state index in [1.165, 1.54) is 0 Å². The standard InChI is InChI=1S/C10H12BrNO2/c11-8-4-7(9(13)5-12)3-6-1-2-14-10(6)8/h3-4,9,13H,1-2,5,12H2. The van der Waals surface area contributed by atoms with E-state index in [9.17, 15) is 5.11 Å². The zero-order chi connectivity index (χ0) is 10.1. The summed E-state index contributed by atoms with van der Waals surface area (Å²) in [7, 11) is 0. The highest BCUT2D eigenvalue weighted by atomic mass is 79.9. The SMILES string of the molecule is NCC(O)c1cc(Br)c2c(c1)CCO2.